The third kappa shape index (κ3) is 3.94. The van der Waals surface area contributed by atoms with Crippen LogP contribution in [-0.4, -0.2) is 33.2 Å². The number of nitrogens with one attached hydrogen (secondary N) is 1. The summed E-state index contributed by atoms with van der Waals surface area (Å²) in [6.45, 7) is 9.31. The molecule has 1 aliphatic heterocycles. The third-order valence-corrected chi connectivity index (χ3v) is 10.3. The number of benzene rings is 2. The van der Waals surface area contributed by atoms with E-state index in [1.54, 1.807) is 0 Å². The molecule has 1 N–H and O–H groups in total. The van der Waals surface area contributed by atoms with Gasteiger partial charge in [0, 0.05) is 13.0 Å². The monoisotopic (exact) mass is 383 g/mol. The molecule has 27 heavy (non-hydrogen) atoms. The fourth-order valence-electron chi connectivity index (χ4n) is 3.95. The molecule has 0 bridgehead atoms. The van der Waals surface area contributed by atoms with E-state index >= 15 is 0 Å². The molecule has 2 atom stereocenters. The Kier molecular flexibility index (Phi) is 5.72. The molecule has 0 spiro atoms. The molecule has 0 aromatic heterocycles. The number of carbonyl (C=O) groups excluding carboxylic acids is 1. The van der Waals surface area contributed by atoms with Crippen molar-refractivity contribution in [1.29, 1.82) is 0 Å². The van der Waals surface area contributed by atoms with Crippen LogP contribution < -0.4 is 15.7 Å². The van der Waals surface area contributed by atoms with Crippen LogP contribution in [0.15, 0.2) is 60.7 Å². The Bertz CT molecular complexity index is 719. The molecule has 1 heterocycles. The predicted octanol–water partition coefficient (Wildman–Crippen LogP) is 3.45. The van der Waals surface area contributed by atoms with Crippen LogP contribution in [0, 0.1) is 0 Å². The van der Waals surface area contributed by atoms with Crippen molar-refractivity contribution in [3.63, 3.8) is 0 Å². The van der Waals surface area contributed by atoms with Gasteiger partial charge in [-0.25, -0.2) is 4.79 Å². The largest absolute Gasteiger partial charge is 0.444 e. The van der Waals surface area contributed by atoms with Crippen molar-refractivity contribution in [3.05, 3.63) is 60.7 Å². The van der Waals surface area contributed by atoms with Crippen LogP contribution in [0.25, 0.3) is 0 Å². The number of ether oxygens (including phenoxy) is 1. The highest BCUT2D eigenvalue weighted by Gasteiger charge is 2.50. The van der Waals surface area contributed by atoms with Crippen LogP contribution in [-0.2, 0) is 9.16 Å². The summed E-state index contributed by atoms with van der Waals surface area (Å²) in [6.07, 6.45) is 0.207. The first kappa shape index (κ1) is 19.6. The zero-order valence-corrected chi connectivity index (χ0v) is 17.6. The average Bonchev–Trinajstić information content (AvgIpc) is 2.96. The summed E-state index contributed by atoms with van der Waals surface area (Å²) in [7, 11) is -2.52. The Morgan fingerprint density at radius 1 is 1.00 bits per heavy atom. The van der Waals surface area contributed by atoms with Crippen molar-refractivity contribution in [2.24, 2.45) is 0 Å². The molecule has 5 heteroatoms. The maximum atomic E-state index is 11.5. The summed E-state index contributed by atoms with van der Waals surface area (Å²) in [4.78, 5) is 11.5. The zero-order chi connectivity index (χ0) is 19.5. The van der Waals surface area contributed by atoms with E-state index in [0.717, 1.165) is 0 Å². The standard InChI is InChI=1S/C22H29NO3Si/c1-17-20(26-21(24)23-17)15-16-25-27(22(2,3)4,18-11-7-5-8-12-18)19-13-9-6-10-14-19/h5-14,17,20H,15-16H2,1-4H3,(H,23,24)/t17-,20-/m0/s1. The fourth-order valence-corrected chi connectivity index (χ4v) is 8.53. The number of alkyl carbamates (subject to hydrolysis) is 1. The van der Waals surface area contributed by atoms with Gasteiger partial charge in [-0.3, -0.25) is 0 Å². The second-order valence-corrected chi connectivity index (χ2v) is 12.5. The molecule has 1 fully saturated rings. The van der Waals surface area contributed by atoms with Gasteiger partial charge in [0.2, 0.25) is 0 Å². The third-order valence-electron chi connectivity index (χ3n) is 5.30. The van der Waals surface area contributed by atoms with E-state index in [4.69, 9.17) is 9.16 Å². The van der Waals surface area contributed by atoms with Crippen LogP contribution in [0.2, 0.25) is 5.04 Å². The summed E-state index contributed by atoms with van der Waals surface area (Å²) >= 11 is 0. The minimum absolute atomic E-state index is 0.0141. The maximum Gasteiger partial charge on any atom is 0.407 e. The Hall–Kier alpha value is -2.11. The summed E-state index contributed by atoms with van der Waals surface area (Å²) in [6, 6.07) is 21.2. The highest BCUT2D eigenvalue weighted by Crippen LogP contribution is 2.37. The Morgan fingerprint density at radius 2 is 1.52 bits per heavy atom. The minimum atomic E-state index is -2.52. The lowest BCUT2D eigenvalue weighted by atomic mass is 10.1. The summed E-state index contributed by atoms with van der Waals surface area (Å²) < 4.78 is 12.2. The SMILES string of the molecule is C[C@@H]1NC(=O)O[C@H]1CCO[Si](c1ccccc1)(c1ccccc1)C(C)(C)C. The number of rotatable bonds is 6. The summed E-state index contributed by atoms with van der Waals surface area (Å²) in [5.74, 6) is 0. The normalized spacial score (nSPS) is 20.2. The topological polar surface area (TPSA) is 47.6 Å². The summed E-state index contributed by atoms with van der Waals surface area (Å²) in [5, 5.41) is 5.28. The minimum Gasteiger partial charge on any atom is -0.444 e. The van der Waals surface area contributed by atoms with Gasteiger partial charge in [-0.05, 0) is 22.3 Å². The number of hydrogen-bond acceptors (Lipinski definition) is 3. The Labute approximate surface area is 163 Å². The van der Waals surface area contributed by atoms with E-state index in [-0.39, 0.29) is 23.3 Å². The van der Waals surface area contributed by atoms with Gasteiger partial charge in [0.05, 0.1) is 6.04 Å². The molecule has 2 aromatic rings. The first-order chi connectivity index (χ1) is 12.8. The zero-order valence-electron chi connectivity index (χ0n) is 16.6. The van der Waals surface area contributed by atoms with E-state index in [1.165, 1.54) is 10.4 Å². The lowest BCUT2D eigenvalue weighted by Gasteiger charge is -2.43. The van der Waals surface area contributed by atoms with Crippen molar-refractivity contribution < 1.29 is 14.0 Å². The Balaban J connectivity index is 1.93. The second-order valence-electron chi connectivity index (χ2n) is 8.18. The van der Waals surface area contributed by atoms with E-state index in [9.17, 15) is 4.79 Å². The van der Waals surface area contributed by atoms with Gasteiger partial charge in [-0.15, -0.1) is 0 Å². The highest BCUT2D eigenvalue weighted by molar-refractivity contribution is 6.99. The van der Waals surface area contributed by atoms with Crippen LogP contribution in [0.1, 0.15) is 34.1 Å². The molecule has 0 radical (unpaired) electrons. The first-order valence-corrected chi connectivity index (χ1v) is 11.5. The van der Waals surface area contributed by atoms with Crippen molar-refractivity contribution >= 4 is 24.8 Å². The molecule has 1 amide bonds. The molecular weight excluding hydrogens is 354 g/mol. The van der Waals surface area contributed by atoms with Crippen molar-refractivity contribution in [1.82, 2.24) is 5.32 Å². The summed E-state index contributed by atoms with van der Waals surface area (Å²) in [5.41, 5.74) is 0. The van der Waals surface area contributed by atoms with Crippen LogP contribution >= 0.6 is 0 Å². The van der Waals surface area contributed by atoms with Crippen molar-refractivity contribution in [2.45, 2.75) is 51.3 Å². The fraction of sp³-hybridized carbons (Fsp3) is 0.409. The highest BCUT2D eigenvalue weighted by atomic mass is 28.4. The van der Waals surface area contributed by atoms with Crippen LogP contribution in [0.5, 0.6) is 0 Å². The average molecular weight is 384 g/mol. The van der Waals surface area contributed by atoms with Gasteiger partial charge in [0.25, 0.3) is 8.32 Å². The molecule has 4 nitrogen and oxygen atoms in total. The number of amides is 1. The van der Waals surface area contributed by atoms with Crippen molar-refractivity contribution in [2.75, 3.05) is 6.61 Å². The lowest BCUT2D eigenvalue weighted by Crippen LogP contribution is -2.66. The number of cyclic esters (lactones) is 1. The second kappa shape index (κ2) is 7.86. The van der Waals surface area contributed by atoms with Gasteiger partial charge in [0.15, 0.2) is 0 Å². The van der Waals surface area contributed by atoms with Crippen molar-refractivity contribution in [3.8, 4) is 0 Å². The molecule has 0 aliphatic carbocycles. The van der Waals surface area contributed by atoms with Gasteiger partial charge in [-0.2, -0.15) is 0 Å². The lowest BCUT2D eigenvalue weighted by molar-refractivity contribution is 0.114. The Morgan fingerprint density at radius 3 is 1.93 bits per heavy atom. The van der Waals surface area contributed by atoms with Gasteiger partial charge in [-0.1, -0.05) is 81.4 Å². The molecular formula is C22H29NO3Si. The predicted molar refractivity (Wildman–Crippen MR) is 111 cm³/mol. The van der Waals surface area contributed by atoms with E-state index < -0.39 is 8.32 Å². The molecule has 1 aliphatic rings. The number of hydrogen-bond donors (Lipinski definition) is 1. The number of carbonyl (C=O) groups is 1. The molecule has 144 valence electrons. The molecule has 0 saturated carbocycles. The van der Waals surface area contributed by atoms with E-state index in [2.05, 4.69) is 74.6 Å². The maximum absolute atomic E-state index is 11.5. The van der Waals surface area contributed by atoms with Crippen LogP contribution in [0.3, 0.4) is 0 Å². The molecule has 2 aromatic carbocycles. The van der Waals surface area contributed by atoms with Gasteiger partial charge >= 0.3 is 6.09 Å². The van der Waals surface area contributed by atoms with E-state index in [0.29, 0.717) is 13.0 Å². The molecule has 0 unspecified atom stereocenters. The van der Waals surface area contributed by atoms with Gasteiger partial charge in [0.1, 0.15) is 6.10 Å². The first-order valence-electron chi connectivity index (χ1n) is 9.57. The van der Waals surface area contributed by atoms with Gasteiger partial charge < -0.3 is 14.5 Å². The van der Waals surface area contributed by atoms with E-state index in [1.807, 2.05) is 19.1 Å². The molecule has 3 rings (SSSR count). The van der Waals surface area contributed by atoms with Crippen LogP contribution in [0.4, 0.5) is 4.79 Å². The quantitative estimate of drug-likeness (QED) is 0.777. The smallest absolute Gasteiger partial charge is 0.407 e. The molecule has 1 saturated heterocycles.